The summed E-state index contributed by atoms with van der Waals surface area (Å²) >= 11 is 0. The summed E-state index contributed by atoms with van der Waals surface area (Å²) in [6.07, 6.45) is 0.540. The number of rotatable bonds is 2. The lowest BCUT2D eigenvalue weighted by Crippen LogP contribution is -2.30. The molecule has 0 bridgehead atoms. The number of hydrogen-bond donors (Lipinski definition) is 2. The summed E-state index contributed by atoms with van der Waals surface area (Å²) < 4.78 is 0. The second kappa shape index (κ2) is 5.90. The number of amides is 3. The predicted octanol–water partition coefficient (Wildman–Crippen LogP) is 1.46. The zero-order chi connectivity index (χ0) is 12.0. The molecule has 2 rings (SSSR count). The van der Waals surface area contributed by atoms with Gasteiger partial charge in [0, 0.05) is 6.42 Å². The van der Waals surface area contributed by atoms with Crippen molar-refractivity contribution in [3.63, 3.8) is 0 Å². The summed E-state index contributed by atoms with van der Waals surface area (Å²) in [5.41, 5.74) is 1.04. The number of imide groups is 1. The lowest BCUT2D eigenvalue weighted by molar-refractivity contribution is -0.120. The van der Waals surface area contributed by atoms with Crippen LogP contribution in [0.25, 0.3) is 0 Å². The number of carbonyl (C=O) groups excluding carboxylic acids is 2. The van der Waals surface area contributed by atoms with Gasteiger partial charge in [-0.05, 0) is 5.56 Å². The lowest BCUT2D eigenvalue weighted by atomic mass is 10.1. The summed E-state index contributed by atoms with van der Waals surface area (Å²) in [6, 6.07) is 8.75. The van der Waals surface area contributed by atoms with E-state index in [4.69, 9.17) is 0 Å². The first kappa shape index (κ1) is 12.2. The first-order chi connectivity index (χ1) is 7.75. The van der Waals surface area contributed by atoms with E-state index in [-0.39, 0.29) is 5.91 Å². The minimum atomic E-state index is -0.426. The van der Waals surface area contributed by atoms with Crippen LogP contribution in [0.5, 0.6) is 0 Å². The monoisotopic (exact) mass is 220 g/mol. The molecule has 4 heteroatoms. The summed E-state index contributed by atoms with van der Waals surface area (Å²) in [7, 11) is 0. The highest BCUT2D eigenvalue weighted by Crippen LogP contribution is 2.05. The van der Waals surface area contributed by atoms with E-state index >= 15 is 0 Å². The van der Waals surface area contributed by atoms with Crippen LogP contribution in [0.4, 0.5) is 4.79 Å². The zero-order valence-corrected chi connectivity index (χ0v) is 9.49. The van der Waals surface area contributed by atoms with Gasteiger partial charge in [-0.2, -0.15) is 0 Å². The molecule has 16 heavy (non-hydrogen) atoms. The maximum Gasteiger partial charge on any atom is 0.322 e. The van der Waals surface area contributed by atoms with Crippen LogP contribution in [-0.2, 0) is 11.2 Å². The van der Waals surface area contributed by atoms with Gasteiger partial charge in [-0.15, -0.1) is 0 Å². The van der Waals surface area contributed by atoms with E-state index in [1.807, 2.05) is 44.2 Å². The Bertz CT molecular complexity index is 363. The standard InChI is InChI=1S/C10H10N2O2.C2H6/c13-9-8(11-10(14)12-9)6-7-4-2-1-3-5-7;1-2/h1-5,8H,6H2,(H2,11,12,13,14);1-2H3. The van der Waals surface area contributed by atoms with Gasteiger partial charge in [0.25, 0.3) is 5.91 Å². The molecule has 1 aromatic rings. The van der Waals surface area contributed by atoms with Crippen molar-refractivity contribution in [2.45, 2.75) is 26.3 Å². The van der Waals surface area contributed by atoms with Crippen LogP contribution in [0.3, 0.4) is 0 Å². The van der Waals surface area contributed by atoms with E-state index in [2.05, 4.69) is 10.6 Å². The quantitative estimate of drug-likeness (QED) is 0.741. The Morgan fingerprint density at radius 1 is 1.12 bits per heavy atom. The van der Waals surface area contributed by atoms with Crippen molar-refractivity contribution in [3.8, 4) is 0 Å². The topological polar surface area (TPSA) is 58.2 Å². The van der Waals surface area contributed by atoms with Crippen LogP contribution in [0.1, 0.15) is 19.4 Å². The Morgan fingerprint density at radius 3 is 2.25 bits per heavy atom. The molecule has 1 aromatic carbocycles. The molecule has 1 saturated heterocycles. The smallest absolute Gasteiger partial charge is 0.322 e. The fraction of sp³-hybridized carbons (Fsp3) is 0.333. The highest BCUT2D eigenvalue weighted by Gasteiger charge is 2.28. The average Bonchev–Trinajstić information content (AvgIpc) is 2.62. The molecule has 1 aliphatic heterocycles. The van der Waals surface area contributed by atoms with Gasteiger partial charge in [-0.25, -0.2) is 4.79 Å². The Labute approximate surface area is 95.0 Å². The Hall–Kier alpha value is -1.84. The van der Waals surface area contributed by atoms with E-state index in [9.17, 15) is 9.59 Å². The minimum absolute atomic E-state index is 0.251. The fourth-order valence-corrected chi connectivity index (χ4v) is 1.45. The average molecular weight is 220 g/mol. The molecule has 0 saturated carbocycles. The minimum Gasteiger partial charge on any atom is -0.326 e. The summed E-state index contributed by atoms with van der Waals surface area (Å²) in [5.74, 6) is -0.251. The van der Waals surface area contributed by atoms with Crippen LogP contribution in [0.15, 0.2) is 30.3 Å². The molecule has 1 atom stereocenters. The Balaban J connectivity index is 0.000000606. The van der Waals surface area contributed by atoms with Gasteiger partial charge in [0.2, 0.25) is 0 Å². The molecule has 0 radical (unpaired) electrons. The van der Waals surface area contributed by atoms with Gasteiger partial charge in [0.1, 0.15) is 6.04 Å². The molecule has 1 unspecified atom stereocenters. The third-order valence-electron chi connectivity index (χ3n) is 2.14. The predicted molar refractivity (Wildman–Crippen MR) is 62.0 cm³/mol. The van der Waals surface area contributed by atoms with Crippen LogP contribution in [0, 0.1) is 0 Å². The SMILES string of the molecule is CC.O=C1NC(=O)C(Cc2ccccc2)N1. The summed E-state index contributed by atoms with van der Waals surface area (Å²) in [5, 5.41) is 4.75. The molecule has 0 aromatic heterocycles. The van der Waals surface area contributed by atoms with Crippen LogP contribution in [-0.4, -0.2) is 18.0 Å². The Kier molecular flexibility index (Phi) is 4.51. The molecule has 2 N–H and O–H groups in total. The number of urea groups is 1. The maximum absolute atomic E-state index is 11.2. The molecule has 1 heterocycles. The third-order valence-corrected chi connectivity index (χ3v) is 2.14. The molecular formula is C12H16N2O2. The molecule has 3 amide bonds. The van der Waals surface area contributed by atoms with E-state index in [1.165, 1.54) is 0 Å². The van der Waals surface area contributed by atoms with Crippen molar-refractivity contribution in [1.82, 2.24) is 10.6 Å². The number of nitrogens with one attached hydrogen (secondary N) is 2. The van der Waals surface area contributed by atoms with E-state index in [0.717, 1.165) is 5.56 Å². The zero-order valence-electron chi connectivity index (χ0n) is 9.49. The molecular weight excluding hydrogens is 204 g/mol. The highest BCUT2D eigenvalue weighted by molar-refractivity contribution is 6.04. The van der Waals surface area contributed by atoms with Crippen molar-refractivity contribution in [2.75, 3.05) is 0 Å². The normalized spacial score (nSPS) is 18.2. The highest BCUT2D eigenvalue weighted by atomic mass is 16.2. The van der Waals surface area contributed by atoms with E-state index in [1.54, 1.807) is 0 Å². The fourth-order valence-electron chi connectivity index (χ4n) is 1.45. The molecule has 4 nitrogen and oxygen atoms in total. The molecule has 0 aliphatic carbocycles. The molecule has 1 aliphatic rings. The molecule has 86 valence electrons. The van der Waals surface area contributed by atoms with Crippen molar-refractivity contribution >= 4 is 11.9 Å². The van der Waals surface area contributed by atoms with Crippen LogP contribution >= 0.6 is 0 Å². The number of carbonyl (C=O) groups is 2. The molecule has 0 spiro atoms. The maximum atomic E-state index is 11.2. The summed E-state index contributed by atoms with van der Waals surface area (Å²) in [6.45, 7) is 4.00. The number of benzene rings is 1. The second-order valence-electron chi connectivity index (χ2n) is 3.21. The van der Waals surface area contributed by atoms with E-state index < -0.39 is 12.1 Å². The van der Waals surface area contributed by atoms with Crippen molar-refractivity contribution < 1.29 is 9.59 Å². The van der Waals surface area contributed by atoms with Gasteiger partial charge in [0.05, 0.1) is 0 Å². The third kappa shape index (κ3) is 3.08. The van der Waals surface area contributed by atoms with Gasteiger partial charge in [-0.3, -0.25) is 10.1 Å². The van der Waals surface area contributed by atoms with Gasteiger partial charge < -0.3 is 5.32 Å². The summed E-state index contributed by atoms with van der Waals surface area (Å²) in [4.78, 5) is 22.0. The van der Waals surface area contributed by atoms with Gasteiger partial charge >= 0.3 is 6.03 Å². The van der Waals surface area contributed by atoms with Crippen molar-refractivity contribution in [2.24, 2.45) is 0 Å². The Morgan fingerprint density at radius 2 is 1.75 bits per heavy atom. The first-order valence-corrected chi connectivity index (χ1v) is 5.41. The molecule has 1 fully saturated rings. The first-order valence-electron chi connectivity index (χ1n) is 5.41. The van der Waals surface area contributed by atoms with Crippen molar-refractivity contribution in [1.29, 1.82) is 0 Å². The lowest BCUT2D eigenvalue weighted by Gasteiger charge is -2.06. The second-order valence-corrected chi connectivity index (χ2v) is 3.21. The largest absolute Gasteiger partial charge is 0.326 e. The van der Waals surface area contributed by atoms with E-state index in [0.29, 0.717) is 6.42 Å². The number of hydrogen-bond acceptors (Lipinski definition) is 2. The van der Waals surface area contributed by atoms with Crippen LogP contribution < -0.4 is 10.6 Å². The van der Waals surface area contributed by atoms with Gasteiger partial charge in [0.15, 0.2) is 0 Å². The van der Waals surface area contributed by atoms with Crippen molar-refractivity contribution in [3.05, 3.63) is 35.9 Å². The van der Waals surface area contributed by atoms with Crippen LogP contribution in [0.2, 0.25) is 0 Å². The van der Waals surface area contributed by atoms with Gasteiger partial charge in [-0.1, -0.05) is 44.2 Å².